The SMILES string of the molecule is Cc1ccc(S(=O)(=O)/N=c2/sccn2-c2cccc(OCC(=O)O)c2)cc1. The topological polar surface area (TPSA) is 98.0 Å². The van der Waals surface area contributed by atoms with Gasteiger partial charge in [0.2, 0.25) is 4.80 Å². The van der Waals surface area contributed by atoms with E-state index in [1.165, 1.54) is 23.5 Å². The number of hydrogen-bond donors (Lipinski definition) is 1. The average Bonchev–Trinajstić information content (AvgIpc) is 3.08. The number of nitrogens with zero attached hydrogens (tertiary/aromatic N) is 2. The van der Waals surface area contributed by atoms with Crippen molar-refractivity contribution in [1.29, 1.82) is 0 Å². The molecule has 0 saturated carbocycles. The van der Waals surface area contributed by atoms with E-state index in [9.17, 15) is 13.2 Å². The van der Waals surface area contributed by atoms with Crippen LogP contribution in [0.15, 0.2) is 69.4 Å². The molecule has 0 radical (unpaired) electrons. The summed E-state index contributed by atoms with van der Waals surface area (Å²) in [5.41, 5.74) is 1.57. The highest BCUT2D eigenvalue weighted by Gasteiger charge is 2.13. The van der Waals surface area contributed by atoms with Crippen LogP contribution < -0.4 is 9.54 Å². The minimum atomic E-state index is -3.86. The van der Waals surface area contributed by atoms with Crippen molar-refractivity contribution >= 4 is 27.3 Å². The summed E-state index contributed by atoms with van der Waals surface area (Å²) in [6, 6.07) is 13.2. The van der Waals surface area contributed by atoms with Gasteiger partial charge in [0, 0.05) is 17.6 Å². The normalized spacial score (nSPS) is 12.1. The first kappa shape index (κ1) is 18.9. The number of carboxylic acid groups (broad SMARTS) is 1. The fourth-order valence-electron chi connectivity index (χ4n) is 2.27. The van der Waals surface area contributed by atoms with Crippen LogP contribution in [0.25, 0.3) is 5.69 Å². The number of sulfonamides is 1. The zero-order valence-corrected chi connectivity index (χ0v) is 15.9. The Bertz CT molecular complexity index is 1130. The van der Waals surface area contributed by atoms with E-state index >= 15 is 0 Å². The molecular formula is C18H16N2O5S2. The van der Waals surface area contributed by atoms with Gasteiger partial charge in [0.15, 0.2) is 6.61 Å². The molecule has 1 aromatic heterocycles. The number of carboxylic acids is 1. The van der Waals surface area contributed by atoms with Crippen LogP contribution in [0, 0.1) is 6.92 Å². The van der Waals surface area contributed by atoms with E-state index < -0.39 is 22.6 Å². The predicted molar refractivity (Wildman–Crippen MR) is 101 cm³/mol. The summed E-state index contributed by atoms with van der Waals surface area (Å²) < 4.78 is 35.9. The third-order valence-electron chi connectivity index (χ3n) is 3.56. The highest BCUT2D eigenvalue weighted by Crippen LogP contribution is 2.17. The van der Waals surface area contributed by atoms with Gasteiger partial charge in [0.1, 0.15) is 5.75 Å². The number of rotatable bonds is 6. The summed E-state index contributed by atoms with van der Waals surface area (Å²) in [6.45, 7) is 1.41. The molecule has 0 saturated heterocycles. The molecule has 1 heterocycles. The Morgan fingerprint density at radius 1 is 1.22 bits per heavy atom. The third-order valence-corrected chi connectivity index (χ3v) is 5.72. The highest BCUT2D eigenvalue weighted by molar-refractivity contribution is 7.90. The second-order valence-electron chi connectivity index (χ2n) is 5.61. The monoisotopic (exact) mass is 404 g/mol. The molecule has 7 nitrogen and oxygen atoms in total. The minimum absolute atomic E-state index is 0.117. The van der Waals surface area contributed by atoms with Crippen molar-refractivity contribution in [3.63, 3.8) is 0 Å². The number of aromatic nitrogens is 1. The van der Waals surface area contributed by atoms with Gasteiger partial charge < -0.3 is 9.84 Å². The van der Waals surface area contributed by atoms with Crippen LogP contribution in [0.2, 0.25) is 0 Å². The van der Waals surface area contributed by atoms with E-state index in [2.05, 4.69) is 4.40 Å². The zero-order valence-electron chi connectivity index (χ0n) is 14.3. The fraction of sp³-hybridized carbons (Fsp3) is 0.111. The molecule has 0 amide bonds. The van der Waals surface area contributed by atoms with Crippen LogP contribution in [-0.2, 0) is 14.8 Å². The lowest BCUT2D eigenvalue weighted by Crippen LogP contribution is -2.15. The Kier molecular flexibility index (Phi) is 5.43. The molecule has 0 aliphatic rings. The van der Waals surface area contributed by atoms with Crippen LogP contribution in [0.5, 0.6) is 5.75 Å². The molecule has 140 valence electrons. The Balaban J connectivity index is 1.99. The molecule has 9 heteroatoms. The molecule has 0 aliphatic carbocycles. The summed E-state index contributed by atoms with van der Waals surface area (Å²) in [4.78, 5) is 11.0. The molecule has 27 heavy (non-hydrogen) atoms. The molecule has 1 N–H and O–H groups in total. The predicted octanol–water partition coefficient (Wildman–Crippen LogP) is 2.60. The number of hydrogen-bond acceptors (Lipinski definition) is 5. The summed E-state index contributed by atoms with van der Waals surface area (Å²) in [7, 11) is -3.86. The van der Waals surface area contributed by atoms with E-state index in [1.807, 2.05) is 6.92 Å². The van der Waals surface area contributed by atoms with Gasteiger partial charge in [0.25, 0.3) is 10.0 Å². The van der Waals surface area contributed by atoms with Gasteiger partial charge in [-0.3, -0.25) is 4.57 Å². The van der Waals surface area contributed by atoms with E-state index in [0.29, 0.717) is 11.4 Å². The van der Waals surface area contributed by atoms with Gasteiger partial charge in [-0.1, -0.05) is 23.8 Å². The lowest BCUT2D eigenvalue weighted by Gasteiger charge is -2.07. The Labute approximate surface area is 159 Å². The second-order valence-corrected chi connectivity index (χ2v) is 8.09. The van der Waals surface area contributed by atoms with Gasteiger partial charge in [-0.05, 0) is 31.2 Å². The van der Waals surface area contributed by atoms with Crippen molar-refractivity contribution in [2.75, 3.05) is 6.61 Å². The van der Waals surface area contributed by atoms with Crippen LogP contribution in [0.3, 0.4) is 0 Å². The summed E-state index contributed by atoms with van der Waals surface area (Å²) in [6.07, 6.45) is 1.68. The lowest BCUT2D eigenvalue weighted by molar-refractivity contribution is -0.139. The van der Waals surface area contributed by atoms with E-state index in [-0.39, 0.29) is 9.70 Å². The quantitative estimate of drug-likeness (QED) is 0.681. The maximum Gasteiger partial charge on any atom is 0.341 e. The maximum absolute atomic E-state index is 12.6. The minimum Gasteiger partial charge on any atom is -0.482 e. The molecule has 0 spiro atoms. The van der Waals surface area contributed by atoms with Crippen molar-refractivity contribution < 1.29 is 23.1 Å². The van der Waals surface area contributed by atoms with E-state index in [1.54, 1.807) is 52.5 Å². The first-order valence-electron chi connectivity index (χ1n) is 7.84. The number of benzene rings is 2. The van der Waals surface area contributed by atoms with Crippen LogP contribution >= 0.6 is 11.3 Å². The van der Waals surface area contributed by atoms with E-state index in [4.69, 9.17) is 9.84 Å². The molecule has 0 aliphatic heterocycles. The van der Waals surface area contributed by atoms with Crippen molar-refractivity contribution in [2.45, 2.75) is 11.8 Å². The van der Waals surface area contributed by atoms with Crippen molar-refractivity contribution in [3.05, 3.63) is 70.5 Å². The van der Waals surface area contributed by atoms with E-state index in [0.717, 1.165) is 5.56 Å². The largest absolute Gasteiger partial charge is 0.482 e. The number of thiazole rings is 1. The molecular weight excluding hydrogens is 388 g/mol. The molecule has 0 atom stereocenters. The van der Waals surface area contributed by atoms with Gasteiger partial charge in [-0.25, -0.2) is 4.79 Å². The number of ether oxygens (including phenoxy) is 1. The van der Waals surface area contributed by atoms with Crippen molar-refractivity contribution in [2.24, 2.45) is 4.40 Å². The second kappa shape index (κ2) is 7.77. The third kappa shape index (κ3) is 4.63. The van der Waals surface area contributed by atoms with Crippen LogP contribution in [0.4, 0.5) is 0 Å². The first-order valence-corrected chi connectivity index (χ1v) is 10.2. The number of aliphatic carboxylic acids is 1. The Hall–Kier alpha value is -2.91. The molecule has 3 rings (SSSR count). The van der Waals surface area contributed by atoms with Gasteiger partial charge in [-0.2, -0.15) is 8.42 Å². The first-order chi connectivity index (χ1) is 12.8. The standard InChI is InChI=1S/C18H16N2O5S2/c1-13-5-7-16(8-6-13)27(23,24)19-18-20(9-10-26-18)14-3-2-4-15(11-14)25-12-17(21)22/h2-11H,12H2,1H3,(H,21,22)/b19-18+. The van der Waals surface area contributed by atoms with Gasteiger partial charge in [0.05, 0.1) is 10.6 Å². The number of aryl methyl sites for hydroxylation is 1. The molecule has 2 aromatic carbocycles. The molecule has 3 aromatic rings. The smallest absolute Gasteiger partial charge is 0.341 e. The van der Waals surface area contributed by atoms with Crippen LogP contribution in [0.1, 0.15) is 5.56 Å². The summed E-state index contributed by atoms with van der Waals surface area (Å²) in [5, 5.41) is 10.4. The number of carbonyl (C=O) groups is 1. The zero-order chi connectivity index (χ0) is 19.4. The Morgan fingerprint density at radius 2 is 1.96 bits per heavy atom. The molecule has 0 bridgehead atoms. The Morgan fingerprint density at radius 3 is 2.67 bits per heavy atom. The van der Waals surface area contributed by atoms with Gasteiger partial charge >= 0.3 is 5.97 Å². The average molecular weight is 404 g/mol. The fourth-order valence-corrected chi connectivity index (χ4v) is 4.20. The maximum atomic E-state index is 12.6. The molecule has 0 fully saturated rings. The molecule has 0 unspecified atom stereocenters. The summed E-state index contributed by atoms with van der Waals surface area (Å²) in [5.74, 6) is -0.718. The van der Waals surface area contributed by atoms with Gasteiger partial charge in [-0.15, -0.1) is 15.7 Å². The van der Waals surface area contributed by atoms with Crippen molar-refractivity contribution in [1.82, 2.24) is 4.57 Å². The van der Waals surface area contributed by atoms with Crippen LogP contribution in [-0.4, -0.2) is 30.7 Å². The lowest BCUT2D eigenvalue weighted by atomic mass is 10.2. The van der Waals surface area contributed by atoms with Crippen molar-refractivity contribution in [3.8, 4) is 11.4 Å². The summed E-state index contributed by atoms with van der Waals surface area (Å²) >= 11 is 1.18. The highest BCUT2D eigenvalue weighted by atomic mass is 32.2.